The van der Waals surface area contributed by atoms with Crippen molar-refractivity contribution in [3.8, 4) is 0 Å². The normalized spacial score (nSPS) is 20.7. The molecule has 0 saturated heterocycles. The number of hydrazine groups is 1. The number of aliphatic hydroxyl groups excluding tert-OH is 1. The van der Waals surface area contributed by atoms with E-state index in [1.165, 1.54) is 32.1 Å². The van der Waals surface area contributed by atoms with E-state index in [0.29, 0.717) is 12.6 Å². The van der Waals surface area contributed by atoms with Crippen LogP contribution >= 0.6 is 0 Å². The van der Waals surface area contributed by atoms with Crippen molar-refractivity contribution in [2.75, 3.05) is 13.2 Å². The number of carbonyl (C=O) groups is 1. The van der Waals surface area contributed by atoms with Gasteiger partial charge in [-0.3, -0.25) is 15.1 Å². The first-order chi connectivity index (χ1) is 8.61. The van der Waals surface area contributed by atoms with E-state index in [9.17, 15) is 9.90 Å². The van der Waals surface area contributed by atoms with E-state index >= 15 is 0 Å². The van der Waals surface area contributed by atoms with Crippen LogP contribution in [0.3, 0.4) is 0 Å². The molecule has 1 aliphatic carbocycles. The molecule has 0 aromatic carbocycles. The third-order valence-corrected chi connectivity index (χ3v) is 4.20. The fraction of sp³-hybridized carbons (Fsp3) is 0.923. The largest absolute Gasteiger partial charge is 0.395 e. The molecule has 1 rings (SSSR count). The lowest BCUT2D eigenvalue weighted by Crippen LogP contribution is -2.51. The minimum atomic E-state index is -0.163. The van der Waals surface area contributed by atoms with Crippen LogP contribution in [0.1, 0.15) is 46.0 Å². The molecule has 0 bridgehead atoms. The number of amides is 1. The predicted molar refractivity (Wildman–Crippen MR) is 71.6 cm³/mol. The van der Waals surface area contributed by atoms with Crippen molar-refractivity contribution in [1.82, 2.24) is 10.3 Å². The molecule has 4 N–H and O–H groups in total. The quantitative estimate of drug-likeness (QED) is 0.370. The van der Waals surface area contributed by atoms with Crippen LogP contribution in [0, 0.1) is 5.92 Å². The topological polar surface area (TPSA) is 78.6 Å². The molecule has 1 fully saturated rings. The predicted octanol–water partition coefficient (Wildman–Crippen LogP) is 0.628. The highest BCUT2D eigenvalue weighted by Gasteiger charge is 2.30. The monoisotopic (exact) mass is 257 g/mol. The molecule has 0 heterocycles. The van der Waals surface area contributed by atoms with Gasteiger partial charge in [0, 0.05) is 18.6 Å². The van der Waals surface area contributed by atoms with Crippen molar-refractivity contribution in [3.05, 3.63) is 0 Å². The number of aliphatic hydroxyl groups is 1. The molecule has 2 atom stereocenters. The number of carbonyl (C=O) groups excluding carboxylic acids is 1. The van der Waals surface area contributed by atoms with Gasteiger partial charge in [-0.1, -0.05) is 26.2 Å². The molecule has 0 aromatic rings. The third kappa shape index (κ3) is 3.93. The SMILES string of the molecule is CC(C(=O)NN)C(C)N(CCO)C1CCCCC1. The molecule has 106 valence electrons. The molecule has 0 aliphatic heterocycles. The van der Waals surface area contributed by atoms with Gasteiger partial charge in [0.2, 0.25) is 5.91 Å². The Hall–Kier alpha value is -0.650. The molecule has 0 aromatic heterocycles. The number of nitrogens with one attached hydrogen (secondary N) is 1. The van der Waals surface area contributed by atoms with Gasteiger partial charge in [-0.25, -0.2) is 5.84 Å². The molecule has 1 saturated carbocycles. The van der Waals surface area contributed by atoms with Crippen molar-refractivity contribution < 1.29 is 9.90 Å². The molecule has 1 aliphatic rings. The molecule has 18 heavy (non-hydrogen) atoms. The fourth-order valence-corrected chi connectivity index (χ4v) is 2.88. The maximum Gasteiger partial charge on any atom is 0.238 e. The summed E-state index contributed by atoms with van der Waals surface area (Å²) in [5, 5.41) is 9.23. The van der Waals surface area contributed by atoms with Gasteiger partial charge in [0.15, 0.2) is 0 Å². The van der Waals surface area contributed by atoms with E-state index in [1.807, 2.05) is 13.8 Å². The Morgan fingerprint density at radius 1 is 1.39 bits per heavy atom. The van der Waals surface area contributed by atoms with Crippen LogP contribution in [-0.2, 0) is 4.79 Å². The number of hydrogen-bond donors (Lipinski definition) is 3. The maximum atomic E-state index is 11.6. The number of nitrogens with two attached hydrogens (primary N) is 1. The lowest BCUT2D eigenvalue weighted by Gasteiger charge is -2.40. The highest BCUT2D eigenvalue weighted by molar-refractivity contribution is 5.78. The van der Waals surface area contributed by atoms with E-state index in [2.05, 4.69) is 10.3 Å². The van der Waals surface area contributed by atoms with Crippen LogP contribution in [0.2, 0.25) is 0 Å². The van der Waals surface area contributed by atoms with Crippen LogP contribution < -0.4 is 11.3 Å². The average molecular weight is 257 g/mol. The highest BCUT2D eigenvalue weighted by atomic mass is 16.3. The van der Waals surface area contributed by atoms with Crippen LogP contribution in [0.4, 0.5) is 0 Å². The van der Waals surface area contributed by atoms with Gasteiger partial charge in [0.1, 0.15) is 0 Å². The Bertz CT molecular complexity index is 255. The molecular formula is C13H27N3O2. The van der Waals surface area contributed by atoms with Crippen molar-refractivity contribution in [2.24, 2.45) is 11.8 Å². The van der Waals surface area contributed by atoms with Gasteiger partial charge >= 0.3 is 0 Å². The van der Waals surface area contributed by atoms with Crippen LogP contribution in [0.15, 0.2) is 0 Å². The summed E-state index contributed by atoms with van der Waals surface area (Å²) in [5.74, 6) is 4.89. The first-order valence-corrected chi connectivity index (χ1v) is 6.98. The molecule has 0 radical (unpaired) electrons. The summed E-state index contributed by atoms with van der Waals surface area (Å²) in [6, 6.07) is 0.595. The molecule has 2 unspecified atom stereocenters. The van der Waals surface area contributed by atoms with E-state index in [0.717, 1.165) is 0 Å². The summed E-state index contributed by atoms with van der Waals surface area (Å²) >= 11 is 0. The Morgan fingerprint density at radius 2 is 2.00 bits per heavy atom. The molecule has 5 nitrogen and oxygen atoms in total. The second-order valence-electron chi connectivity index (χ2n) is 5.29. The van der Waals surface area contributed by atoms with Crippen LogP contribution in [0.25, 0.3) is 0 Å². The first-order valence-electron chi connectivity index (χ1n) is 6.98. The number of nitrogens with zero attached hydrogens (tertiary/aromatic N) is 1. The molecule has 0 spiro atoms. The molecule has 1 amide bonds. The standard InChI is InChI=1S/C13H27N3O2/c1-10(13(18)15-14)11(2)16(8-9-17)12-6-4-3-5-7-12/h10-12,17H,3-9,14H2,1-2H3,(H,15,18). The Labute approximate surface area is 110 Å². The van der Waals surface area contributed by atoms with Gasteiger partial charge in [-0.05, 0) is 19.8 Å². The minimum absolute atomic E-state index is 0.101. The van der Waals surface area contributed by atoms with E-state index in [4.69, 9.17) is 5.84 Å². The fourth-order valence-electron chi connectivity index (χ4n) is 2.88. The Balaban J connectivity index is 2.66. The lowest BCUT2D eigenvalue weighted by atomic mass is 9.91. The second-order valence-corrected chi connectivity index (χ2v) is 5.29. The zero-order chi connectivity index (χ0) is 13.5. The second kappa shape index (κ2) is 7.71. The van der Waals surface area contributed by atoms with E-state index < -0.39 is 0 Å². The first kappa shape index (κ1) is 15.4. The summed E-state index contributed by atoms with van der Waals surface area (Å²) in [5.41, 5.74) is 2.22. The van der Waals surface area contributed by atoms with Crippen LogP contribution in [-0.4, -0.2) is 41.1 Å². The smallest absolute Gasteiger partial charge is 0.238 e. The summed E-state index contributed by atoms with van der Waals surface area (Å²) in [7, 11) is 0. The lowest BCUT2D eigenvalue weighted by molar-refractivity contribution is -0.127. The van der Waals surface area contributed by atoms with Gasteiger partial charge in [-0.2, -0.15) is 0 Å². The molecular weight excluding hydrogens is 230 g/mol. The summed E-state index contributed by atoms with van der Waals surface area (Å²) < 4.78 is 0. The van der Waals surface area contributed by atoms with Gasteiger partial charge in [0.25, 0.3) is 0 Å². The van der Waals surface area contributed by atoms with Crippen molar-refractivity contribution in [3.63, 3.8) is 0 Å². The Morgan fingerprint density at radius 3 is 2.50 bits per heavy atom. The number of hydrogen-bond acceptors (Lipinski definition) is 4. The van der Waals surface area contributed by atoms with Crippen LogP contribution in [0.5, 0.6) is 0 Å². The van der Waals surface area contributed by atoms with Crippen molar-refractivity contribution in [1.29, 1.82) is 0 Å². The number of rotatable bonds is 6. The van der Waals surface area contributed by atoms with Gasteiger partial charge in [-0.15, -0.1) is 0 Å². The van der Waals surface area contributed by atoms with Gasteiger partial charge < -0.3 is 5.11 Å². The minimum Gasteiger partial charge on any atom is -0.395 e. The summed E-state index contributed by atoms with van der Waals surface area (Å²) in [6.45, 7) is 4.70. The zero-order valence-electron chi connectivity index (χ0n) is 11.6. The highest BCUT2D eigenvalue weighted by Crippen LogP contribution is 2.26. The van der Waals surface area contributed by atoms with Crippen molar-refractivity contribution >= 4 is 5.91 Å². The van der Waals surface area contributed by atoms with Crippen molar-refractivity contribution in [2.45, 2.75) is 58.0 Å². The van der Waals surface area contributed by atoms with Gasteiger partial charge in [0.05, 0.1) is 12.5 Å². The zero-order valence-corrected chi connectivity index (χ0v) is 11.6. The third-order valence-electron chi connectivity index (χ3n) is 4.20. The average Bonchev–Trinajstić information content (AvgIpc) is 2.43. The van der Waals surface area contributed by atoms with E-state index in [1.54, 1.807) is 0 Å². The molecule has 5 heteroatoms. The van der Waals surface area contributed by atoms with E-state index in [-0.39, 0.29) is 24.5 Å². The summed E-state index contributed by atoms with van der Waals surface area (Å²) in [4.78, 5) is 13.9. The maximum absolute atomic E-state index is 11.6. The summed E-state index contributed by atoms with van der Waals surface area (Å²) in [6.07, 6.45) is 6.13. The Kier molecular flexibility index (Phi) is 6.60.